The van der Waals surface area contributed by atoms with Crippen LogP contribution in [0.5, 0.6) is 0 Å². The Kier molecular flexibility index (Phi) is 5.26. The van der Waals surface area contributed by atoms with E-state index < -0.39 is 12.0 Å². The first-order chi connectivity index (χ1) is 12.6. The molecule has 0 saturated heterocycles. The highest BCUT2D eigenvalue weighted by Crippen LogP contribution is 2.26. The van der Waals surface area contributed by atoms with Crippen molar-refractivity contribution >= 4 is 29.0 Å². The van der Waals surface area contributed by atoms with E-state index in [2.05, 4.69) is 10.4 Å². The lowest BCUT2D eigenvalue weighted by Crippen LogP contribution is -2.38. The number of carbonyl (C=O) groups is 2. The summed E-state index contributed by atoms with van der Waals surface area (Å²) in [6, 6.07) is 13.9. The summed E-state index contributed by atoms with van der Waals surface area (Å²) in [5.41, 5.74) is 1.34. The average Bonchev–Trinajstić information content (AvgIpc) is 3.10. The minimum Gasteiger partial charge on any atom is -0.461 e. The summed E-state index contributed by atoms with van der Waals surface area (Å²) < 4.78 is 18.0. The van der Waals surface area contributed by atoms with E-state index in [0.29, 0.717) is 11.4 Å². The zero-order valence-electron chi connectivity index (χ0n) is 14.2. The van der Waals surface area contributed by atoms with Crippen LogP contribution in [0.15, 0.2) is 59.7 Å². The number of halogens is 1. The predicted octanol–water partition coefficient (Wildman–Crippen LogP) is 2.96. The van der Waals surface area contributed by atoms with Gasteiger partial charge in [0.05, 0.1) is 12.3 Å². The second kappa shape index (κ2) is 7.77. The van der Waals surface area contributed by atoms with Crippen molar-refractivity contribution in [3.63, 3.8) is 0 Å². The van der Waals surface area contributed by atoms with Crippen molar-refractivity contribution in [3.05, 3.63) is 60.4 Å². The molecule has 0 fully saturated rings. The standard InChI is InChI=1S/C19H18FN3O3/c1-2-26-19(25)16-12-17(23(22-16)15-6-4-3-5-7-15)18(24)21-14-10-8-13(20)9-11-14/h3-11,17H,2,12H2,1H3,(H,21,24). The number of amides is 1. The first kappa shape index (κ1) is 17.6. The maximum atomic E-state index is 13.0. The Hall–Kier alpha value is -3.22. The Labute approximate surface area is 150 Å². The molecule has 1 heterocycles. The van der Waals surface area contributed by atoms with Crippen LogP contribution in [0.25, 0.3) is 0 Å². The second-order valence-corrected chi connectivity index (χ2v) is 5.66. The molecule has 1 atom stereocenters. The van der Waals surface area contributed by atoms with Gasteiger partial charge in [0, 0.05) is 12.1 Å². The molecule has 0 saturated carbocycles. The quantitative estimate of drug-likeness (QED) is 0.837. The Morgan fingerprint density at radius 1 is 1.19 bits per heavy atom. The molecule has 0 spiro atoms. The number of carbonyl (C=O) groups excluding carboxylic acids is 2. The van der Waals surface area contributed by atoms with Crippen molar-refractivity contribution in [1.29, 1.82) is 0 Å². The van der Waals surface area contributed by atoms with Crippen molar-refractivity contribution in [2.45, 2.75) is 19.4 Å². The molecule has 1 unspecified atom stereocenters. The SMILES string of the molecule is CCOC(=O)C1=NN(c2ccccc2)C(C(=O)Nc2ccc(F)cc2)C1. The maximum absolute atomic E-state index is 13.0. The first-order valence-corrected chi connectivity index (χ1v) is 8.24. The van der Waals surface area contributed by atoms with Gasteiger partial charge >= 0.3 is 5.97 Å². The summed E-state index contributed by atoms with van der Waals surface area (Å²) in [6.07, 6.45) is 0.126. The lowest BCUT2D eigenvalue weighted by atomic mass is 10.1. The first-order valence-electron chi connectivity index (χ1n) is 8.24. The number of hydrogen-bond acceptors (Lipinski definition) is 5. The molecule has 0 radical (unpaired) electrons. The molecule has 6 nitrogen and oxygen atoms in total. The van der Waals surface area contributed by atoms with Gasteiger partial charge in [0.1, 0.15) is 17.6 Å². The molecule has 1 amide bonds. The van der Waals surface area contributed by atoms with Gasteiger partial charge in [0.2, 0.25) is 5.91 Å². The smallest absolute Gasteiger partial charge is 0.354 e. The van der Waals surface area contributed by atoms with Crippen molar-refractivity contribution < 1.29 is 18.7 Å². The molecule has 0 aliphatic carbocycles. The lowest BCUT2D eigenvalue weighted by molar-refractivity contribution is -0.135. The highest BCUT2D eigenvalue weighted by molar-refractivity contribution is 6.38. The highest BCUT2D eigenvalue weighted by atomic mass is 19.1. The van der Waals surface area contributed by atoms with Crippen molar-refractivity contribution in [2.24, 2.45) is 5.10 Å². The van der Waals surface area contributed by atoms with Gasteiger partial charge in [0.15, 0.2) is 0 Å². The lowest BCUT2D eigenvalue weighted by Gasteiger charge is -2.22. The molecule has 134 valence electrons. The van der Waals surface area contributed by atoms with Crippen LogP contribution in [-0.4, -0.2) is 30.2 Å². The fraction of sp³-hybridized carbons (Fsp3) is 0.211. The zero-order chi connectivity index (χ0) is 18.5. The third-order valence-electron chi connectivity index (χ3n) is 3.86. The molecule has 2 aromatic carbocycles. The predicted molar refractivity (Wildman–Crippen MR) is 96.4 cm³/mol. The van der Waals surface area contributed by atoms with Gasteiger partial charge in [-0.3, -0.25) is 9.80 Å². The second-order valence-electron chi connectivity index (χ2n) is 5.66. The van der Waals surface area contributed by atoms with E-state index in [1.807, 2.05) is 18.2 Å². The number of nitrogens with zero attached hydrogens (tertiary/aromatic N) is 2. The van der Waals surface area contributed by atoms with Gasteiger partial charge in [-0.25, -0.2) is 9.18 Å². The van der Waals surface area contributed by atoms with E-state index in [4.69, 9.17) is 4.74 Å². The van der Waals surface area contributed by atoms with Crippen LogP contribution in [0, 0.1) is 5.82 Å². The maximum Gasteiger partial charge on any atom is 0.354 e. The van der Waals surface area contributed by atoms with E-state index in [-0.39, 0.29) is 30.5 Å². The summed E-state index contributed by atoms with van der Waals surface area (Å²) in [4.78, 5) is 24.8. The van der Waals surface area contributed by atoms with E-state index in [0.717, 1.165) is 0 Å². The number of nitrogens with one attached hydrogen (secondary N) is 1. The Bertz CT molecular complexity index is 822. The summed E-state index contributed by atoms with van der Waals surface area (Å²) in [6.45, 7) is 1.94. The molecule has 2 aromatic rings. The molecular formula is C19H18FN3O3. The number of anilines is 2. The van der Waals surface area contributed by atoms with Crippen LogP contribution in [0.2, 0.25) is 0 Å². The van der Waals surface area contributed by atoms with Gasteiger partial charge < -0.3 is 10.1 Å². The number of rotatable bonds is 5. The summed E-state index contributed by atoms with van der Waals surface area (Å²) in [5, 5.41) is 8.52. The molecule has 1 aliphatic heterocycles. The number of hydrogen-bond donors (Lipinski definition) is 1. The minimum absolute atomic E-state index is 0.126. The van der Waals surface area contributed by atoms with Gasteiger partial charge in [-0.15, -0.1) is 0 Å². The molecule has 7 heteroatoms. The molecule has 0 aromatic heterocycles. The molecule has 3 rings (SSSR count). The van der Waals surface area contributed by atoms with Gasteiger partial charge in [-0.2, -0.15) is 5.10 Å². The van der Waals surface area contributed by atoms with E-state index in [1.165, 1.54) is 29.3 Å². The van der Waals surface area contributed by atoms with Gasteiger partial charge in [-0.05, 0) is 43.3 Å². The van der Waals surface area contributed by atoms with Crippen LogP contribution in [0.3, 0.4) is 0 Å². The Morgan fingerprint density at radius 2 is 1.88 bits per heavy atom. The molecular weight excluding hydrogens is 337 g/mol. The minimum atomic E-state index is -0.707. The van der Waals surface area contributed by atoms with Crippen LogP contribution >= 0.6 is 0 Å². The third-order valence-corrected chi connectivity index (χ3v) is 3.86. The topological polar surface area (TPSA) is 71.0 Å². The van der Waals surface area contributed by atoms with Crippen LogP contribution in [0.1, 0.15) is 13.3 Å². The number of para-hydroxylation sites is 1. The normalized spacial score (nSPS) is 16.2. The van der Waals surface area contributed by atoms with Gasteiger partial charge in [0.25, 0.3) is 0 Å². The summed E-state index contributed by atoms with van der Waals surface area (Å²) in [7, 11) is 0. The van der Waals surface area contributed by atoms with Crippen LogP contribution < -0.4 is 10.3 Å². The van der Waals surface area contributed by atoms with Crippen molar-refractivity contribution in [3.8, 4) is 0 Å². The highest BCUT2D eigenvalue weighted by Gasteiger charge is 2.36. The van der Waals surface area contributed by atoms with Crippen molar-refractivity contribution in [2.75, 3.05) is 16.9 Å². The van der Waals surface area contributed by atoms with Crippen LogP contribution in [0.4, 0.5) is 15.8 Å². The molecule has 26 heavy (non-hydrogen) atoms. The number of esters is 1. The number of benzene rings is 2. The summed E-state index contributed by atoms with van der Waals surface area (Å²) >= 11 is 0. The van der Waals surface area contributed by atoms with Gasteiger partial charge in [-0.1, -0.05) is 18.2 Å². The van der Waals surface area contributed by atoms with Crippen molar-refractivity contribution in [1.82, 2.24) is 0 Å². The van der Waals surface area contributed by atoms with E-state index >= 15 is 0 Å². The fourth-order valence-corrected chi connectivity index (χ4v) is 2.63. The number of hydrazone groups is 1. The zero-order valence-corrected chi connectivity index (χ0v) is 14.2. The monoisotopic (exact) mass is 355 g/mol. The fourth-order valence-electron chi connectivity index (χ4n) is 2.63. The third kappa shape index (κ3) is 3.88. The Balaban J connectivity index is 1.82. The van der Waals surface area contributed by atoms with E-state index in [1.54, 1.807) is 19.1 Å². The van der Waals surface area contributed by atoms with E-state index in [9.17, 15) is 14.0 Å². The van der Waals surface area contributed by atoms with Crippen LogP contribution in [-0.2, 0) is 14.3 Å². The Morgan fingerprint density at radius 3 is 2.54 bits per heavy atom. The largest absolute Gasteiger partial charge is 0.461 e. The molecule has 1 aliphatic rings. The molecule has 1 N–H and O–H groups in total. The summed E-state index contributed by atoms with van der Waals surface area (Å²) in [5.74, 6) is -1.27. The molecule has 0 bridgehead atoms. The average molecular weight is 355 g/mol. The number of ether oxygens (including phenoxy) is 1.